The Morgan fingerprint density at radius 2 is 2.20 bits per heavy atom. The molecule has 15 heavy (non-hydrogen) atoms. The Labute approximate surface area is 87.5 Å². The van der Waals surface area contributed by atoms with Gasteiger partial charge in [0.1, 0.15) is 0 Å². The Morgan fingerprint density at radius 1 is 1.60 bits per heavy atom. The Kier molecular flexibility index (Phi) is 3.65. The lowest BCUT2D eigenvalue weighted by Crippen LogP contribution is -2.34. The van der Waals surface area contributed by atoms with Crippen LogP contribution in [0.1, 0.15) is 19.8 Å². The third-order valence-electron chi connectivity index (χ3n) is 2.15. The van der Waals surface area contributed by atoms with Crippen LogP contribution < -0.4 is 0 Å². The Balaban J connectivity index is 2.37. The van der Waals surface area contributed by atoms with Gasteiger partial charge in [0.05, 0.1) is 12.5 Å². The first-order chi connectivity index (χ1) is 7.04. The standard InChI is InChI=1S/C9H14N2O4/c1-3-15-8(12)6-4-7(5-6)10-11(2)9(13)14/h6H,3-5H2,1-2H3,(H,13,14). The zero-order chi connectivity index (χ0) is 11.4. The molecule has 6 heteroatoms. The van der Waals surface area contributed by atoms with Crippen molar-refractivity contribution in [2.75, 3.05) is 13.7 Å². The number of carbonyl (C=O) groups excluding carboxylic acids is 1. The van der Waals surface area contributed by atoms with E-state index in [2.05, 4.69) is 5.10 Å². The highest BCUT2D eigenvalue weighted by atomic mass is 16.5. The maximum atomic E-state index is 11.2. The number of nitrogens with zero attached hydrogens (tertiary/aromatic N) is 2. The van der Waals surface area contributed by atoms with Crippen molar-refractivity contribution >= 4 is 17.8 Å². The molecule has 0 aromatic carbocycles. The van der Waals surface area contributed by atoms with Crippen LogP contribution in [0.25, 0.3) is 0 Å². The van der Waals surface area contributed by atoms with Crippen LogP contribution in [0, 0.1) is 5.92 Å². The molecule has 84 valence electrons. The highest BCUT2D eigenvalue weighted by Gasteiger charge is 2.33. The van der Waals surface area contributed by atoms with E-state index in [0.29, 0.717) is 19.4 Å². The minimum absolute atomic E-state index is 0.147. The van der Waals surface area contributed by atoms with E-state index >= 15 is 0 Å². The van der Waals surface area contributed by atoms with Crippen molar-refractivity contribution in [1.82, 2.24) is 5.01 Å². The molecule has 1 saturated carbocycles. The molecule has 1 N–H and O–H groups in total. The lowest BCUT2D eigenvalue weighted by molar-refractivity contribution is -0.148. The van der Waals surface area contributed by atoms with Crippen molar-refractivity contribution in [1.29, 1.82) is 0 Å². The van der Waals surface area contributed by atoms with Crippen LogP contribution in [0.3, 0.4) is 0 Å². The number of carboxylic acid groups (broad SMARTS) is 1. The highest BCUT2D eigenvalue weighted by molar-refractivity contribution is 5.98. The van der Waals surface area contributed by atoms with Gasteiger partial charge in [0.25, 0.3) is 0 Å². The lowest BCUT2D eigenvalue weighted by Gasteiger charge is -2.26. The molecular formula is C9H14N2O4. The van der Waals surface area contributed by atoms with Crippen molar-refractivity contribution in [2.24, 2.45) is 11.0 Å². The SMILES string of the molecule is CCOC(=O)C1CC(=NN(C)C(=O)O)C1. The molecule has 0 radical (unpaired) electrons. The zero-order valence-corrected chi connectivity index (χ0v) is 8.77. The van der Waals surface area contributed by atoms with Gasteiger partial charge in [0.15, 0.2) is 0 Å². The highest BCUT2D eigenvalue weighted by Crippen LogP contribution is 2.25. The number of rotatable bonds is 3. The molecule has 0 saturated heterocycles. The van der Waals surface area contributed by atoms with Gasteiger partial charge in [0, 0.05) is 25.6 Å². The molecule has 6 nitrogen and oxygen atoms in total. The van der Waals surface area contributed by atoms with Gasteiger partial charge in [-0.15, -0.1) is 0 Å². The molecule has 0 aliphatic heterocycles. The Bertz CT molecular complexity index is 292. The van der Waals surface area contributed by atoms with Crippen LogP contribution in [0.4, 0.5) is 4.79 Å². The van der Waals surface area contributed by atoms with Gasteiger partial charge in [-0.05, 0) is 6.92 Å². The van der Waals surface area contributed by atoms with Gasteiger partial charge >= 0.3 is 12.1 Å². The molecule has 1 aliphatic carbocycles. The van der Waals surface area contributed by atoms with Gasteiger partial charge in [-0.2, -0.15) is 5.10 Å². The zero-order valence-electron chi connectivity index (χ0n) is 8.77. The van der Waals surface area contributed by atoms with E-state index < -0.39 is 6.09 Å². The summed E-state index contributed by atoms with van der Waals surface area (Å²) in [5.41, 5.74) is 0.720. The number of hydrogen-bond acceptors (Lipinski definition) is 4. The van der Waals surface area contributed by atoms with Crippen molar-refractivity contribution in [3.05, 3.63) is 0 Å². The van der Waals surface area contributed by atoms with Crippen LogP contribution in [-0.4, -0.2) is 41.5 Å². The summed E-state index contributed by atoms with van der Waals surface area (Å²) in [7, 11) is 1.35. The van der Waals surface area contributed by atoms with E-state index in [9.17, 15) is 9.59 Å². The first-order valence-corrected chi connectivity index (χ1v) is 4.74. The van der Waals surface area contributed by atoms with Gasteiger partial charge in [-0.25, -0.2) is 9.80 Å². The van der Waals surface area contributed by atoms with Gasteiger partial charge in [-0.1, -0.05) is 0 Å². The minimum Gasteiger partial charge on any atom is -0.466 e. The Morgan fingerprint density at radius 3 is 2.67 bits per heavy atom. The molecule has 0 unspecified atom stereocenters. The first-order valence-electron chi connectivity index (χ1n) is 4.74. The molecule has 1 fully saturated rings. The third-order valence-corrected chi connectivity index (χ3v) is 2.15. The molecule has 0 atom stereocenters. The van der Waals surface area contributed by atoms with Gasteiger partial charge in [0.2, 0.25) is 0 Å². The van der Waals surface area contributed by atoms with E-state index in [0.717, 1.165) is 10.7 Å². The fourth-order valence-corrected chi connectivity index (χ4v) is 1.27. The summed E-state index contributed by atoms with van der Waals surface area (Å²) in [6.07, 6.45) is -0.116. The molecule has 0 aromatic rings. The van der Waals surface area contributed by atoms with E-state index in [1.807, 2.05) is 0 Å². The predicted octanol–water partition coefficient (Wildman–Crippen LogP) is 0.925. The number of ether oxygens (including phenoxy) is 1. The minimum atomic E-state index is -1.11. The predicted molar refractivity (Wildman–Crippen MR) is 52.6 cm³/mol. The molecule has 1 rings (SSSR count). The fourth-order valence-electron chi connectivity index (χ4n) is 1.27. The van der Waals surface area contributed by atoms with Crippen molar-refractivity contribution < 1.29 is 19.4 Å². The number of esters is 1. The maximum absolute atomic E-state index is 11.2. The van der Waals surface area contributed by atoms with Crippen LogP contribution in [-0.2, 0) is 9.53 Å². The average molecular weight is 214 g/mol. The van der Waals surface area contributed by atoms with Crippen LogP contribution >= 0.6 is 0 Å². The van der Waals surface area contributed by atoms with E-state index in [1.165, 1.54) is 7.05 Å². The summed E-state index contributed by atoms with van der Waals surface area (Å²) in [6, 6.07) is 0. The number of hydrogen-bond donors (Lipinski definition) is 1. The molecule has 1 aliphatic rings. The summed E-state index contributed by atoms with van der Waals surface area (Å²) in [6.45, 7) is 2.13. The fraction of sp³-hybridized carbons (Fsp3) is 0.667. The first kappa shape index (κ1) is 11.5. The third kappa shape index (κ3) is 2.93. The number of amides is 1. The monoisotopic (exact) mass is 214 g/mol. The second-order valence-electron chi connectivity index (χ2n) is 3.33. The largest absolute Gasteiger partial charge is 0.466 e. The smallest absolute Gasteiger partial charge is 0.427 e. The normalized spacial score (nSPS) is 19.1. The molecule has 0 aromatic heterocycles. The molecule has 0 spiro atoms. The van der Waals surface area contributed by atoms with Gasteiger partial charge < -0.3 is 9.84 Å². The lowest BCUT2D eigenvalue weighted by atomic mass is 9.83. The average Bonchev–Trinajstić information content (AvgIpc) is 2.10. The van der Waals surface area contributed by atoms with Crippen LogP contribution in [0.15, 0.2) is 5.10 Å². The summed E-state index contributed by atoms with van der Waals surface area (Å²) < 4.78 is 4.82. The van der Waals surface area contributed by atoms with Crippen molar-refractivity contribution in [3.8, 4) is 0 Å². The topological polar surface area (TPSA) is 79.2 Å². The number of hydrazone groups is 1. The number of carbonyl (C=O) groups is 2. The summed E-state index contributed by atoms with van der Waals surface area (Å²) in [4.78, 5) is 21.6. The summed E-state index contributed by atoms with van der Waals surface area (Å²) in [5, 5.41) is 13.2. The maximum Gasteiger partial charge on any atom is 0.427 e. The van der Waals surface area contributed by atoms with Gasteiger partial charge in [-0.3, -0.25) is 4.79 Å². The van der Waals surface area contributed by atoms with Crippen molar-refractivity contribution in [3.63, 3.8) is 0 Å². The molecule has 0 heterocycles. The molecule has 0 bridgehead atoms. The molecular weight excluding hydrogens is 200 g/mol. The van der Waals surface area contributed by atoms with Crippen LogP contribution in [0.5, 0.6) is 0 Å². The van der Waals surface area contributed by atoms with E-state index in [-0.39, 0.29) is 11.9 Å². The van der Waals surface area contributed by atoms with Crippen LogP contribution in [0.2, 0.25) is 0 Å². The van der Waals surface area contributed by atoms with E-state index in [1.54, 1.807) is 6.92 Å². The van der Waals surface area contributed by atoms with E-state index in [4.69, 9.17) is 9.84 Å². The second-order valence-corrected chi connectivity index (χ2v) is 3.33. The summed E-state index contributed by atoms with van der Waals surface area (Å²) in [5.74, 6) is -0.375. The van der Waals surface area contributed by atoms with Crippen molar-refractivity contribution in [2.45, 2.75) is 19.8 Å². The quantitative estimate of drug-likeness (QED) is 0.559. The summed E-state index contributed by atoms with van der Waals surface area (Å²) >= 11 is 0. The molecule has 1 amide bonds. The second kappa shape index (κ2) is 4.77. The Hall–Kier alpha value is -1.59.